The standard InChI is InChI=1S/C10H11N3O/c1-7(14)6-9-4-3-5-10-12-11-8(2)13(9)10/h3-5H,6H2,1-2H3. The van der Waals surface area contributed by atoms with Gasteiger partial charge in [-0.05, 0) is 26.0 Å². The minimum Gasteiger partial charge on any atom is -0.300 e. The van der Waals surface area contributed by atoms with Gasteiger partial charge < -0.3 is 0 Å². The van der Waals surface area contributed by atoms with E-state index in [-0.39, 0.29) is 5.78 Å². The number of Topliss-reactive ketones (excluding diaryl/α,β-unsaturated/α-hetero) is 1. The van der Waals surface area contributed by atoms with E-state index >= 15 is 0 Å². The maximum atomic E-state index is 11.0. The molecule has 2 aromatic rings. The molecule has 4 nitrogen and oxygen atoms in total. The van der Waals surface area contributed by atoms with Gasteiger partial charge in [0.2, 0.25) is 0 Å². The van der Waals surface area contributed by atoms with Gasteiger partial charge in [0.05, 0.1) is 0 Å². The Bertz CT molecular complexity index is 487. The van der Waals surface area contributed by atoms with E-state index in [0.29, 0.717) is 6.42 Å². The van der Waals surface area contributed by atoms with Gasteiger partial charge in [0.15, 0.2) is 5.65 Å². The molecule has 0 radical (unpaired) electrons. The fraction of sp³-hybridized carbons (Fsp3) is 0.300. The zero-order valence-electron chi connectivity index (χ0n) is 8.19. The van der Waals surface area contributed by atoms with Crippen LogP contribution >= 0.6 is 0 Å². The van der Waals surface area contributed by atoms with Crippen molar-refractivity contribution in [1.82, 2.24) is 14.6 Å². The third-order valence-electron chi connectivity index (χ3n) is 2.10. The van der Waals surface area contributed by atoms with Crippen molar-refractivity contribution in [3.05, 3.63) is 29.7 Å². The third-order valence-corrected chi connectivity index (χ3v) is 2.10. The number of pyridine rings is 1. The summed E-state index contributed by atoms with van der Waals surface area (Å²) >= 11 is 0. The average molecular weight is 189 g/mol. The molecule has 2 heterocycles. The molecule has 14 heavy (non-hydrogen) atoms. The summed E-state index contributed by atoms with van der Waals surface area (Å²) in [5.74, 6) is 0.961. The van der Waals surface area contributed by atoms with E-state index in [1.807, 2.05) is 29.5 Å². The zero-order chi connectivity index (χ0) is 10.1. The predicted molar refractivity (Wildman–Crippen MR) is 52.1 cm³/mol. The molecule has 0 saturated heterocycles. The van der Waals surface area contributed by atoms with Gasteiger partial charge in [0.25, 0.3) is 0 Å². The molecular weight excluding hydrogens is 178 g/mol. The van der Waals surface area contributed by atoms with Crippen LogP contribution < -0.4 is 0 Å². The second-order valence-corrected chi connectivity index (χ2v) is 3.34. The number of rotatable bonds is 2. The maximum absolute atomic E-state index is 11.0. The Hall–Kier alpha value is -1.71. The molecule has 0 aliphatic heterocycles. The highest BCUT2D eigenvalue weighted by molar-refractivity contribution is 5.78. The number of hydrogen-bond donors (Lipinski definition) is 0. The van der Waals surface area contributed by atoms with E-state index in [4.69, 9.17) is 0 Å². The molecule has 0 saturated carbocycles. The molecule has 4 heteroatoms. The number of nitrogens with zero attached hydrogens (tertiary/aromatic N) is 3. The lowest BCUT2D eigenvalue weighted by Crippen LogP contribution is -2.04. The molecule has 0 aliphatic carbocycles. The molecule has 0 bridgehead atoms. The predicted octanol–water partition coefficient (Wildman–Crippen LogP) is 1.17. The van der Waals surface area contributed by atoms with Crippen molar-refractivity contribution < 1.29 is 4.79 Å². The van der Waals surface area contributed by atoms with Crippen molar-refractivity contribution >= 4 is 11.4 Å². The van der Waals surface area contributed by atoms with E-state index in [9.17, 15) is 4.79 Å². The van der Waals surface area contributed by atoms with Crippen molar-refractivity contribution in [2.45, 2.75) is 20.3 Å². The first-order valence-electron chi connectivity index (χ1n) is 4.47. The molecule has 0 atom stereocenters. The van der Waals surface area contributed by atoms with Gasteiger partial charge in [0, 0.05) is 12.1 Å². The third kappa shape index (κ3) is 1.39. The summed E-state index contributed by atoms with van der Waals surface area (Å²) < 4.78 is 1.90. The fourth-order valence-electron chi connectivity index (χ4n) is 1.55. The number of ketones is 1. The molecule has 2 aromatic heterocycles. The Balaban J connectivity index is 2.63. The van der Waals surface area contributed by atoms with Crippen LogP contribution in [0.3, 0.4) is 0 Å². The van der Waals surface area contributed by atoms with E-state index in [2.05, 4.69) is 10.2 Å². The first-order chi connectivity index (χ1) is 6.68. The number of hydrogen-bond acceptors (Lipinski definition) is 3. The van der Waals surface area contributed by atoms with Crippen LogP contribution in [0, 0.1) is 6.92 Å². The van der Waals surface area contributed by atoms with Crippen LogP contribution in [0.4, 0.5) is 0 Å². The highest BCUT2D eigenvalue weighted by atomic mass is 16.1. The Kier molecular flexibility index (Phi) is 2.04. The molecule has 0 spiro atoms. The van der Waals surface area contributed by atoms with Crippen molar-refractivity contribution in [2.24, 2.45) is 0 Å². The van der Waals surface area contributed by atoms with Crippen molar-refractivity contribution in [2.75, 3.05) is 0 Å². The lowest BCUT2D eigenvalue weighted by atomic mass is 10.2. The maximum Gasteiger partial charge on any atom is 0.160 e. The van der Waals surface area contributed by atoms with Crippen molar-refractivity contribution in [3.63, 3.8) is 0 Å². The van der Waals surface area contributed by atoms with E-state index in [0.717, 1.165) is 17.2 Å². The summed E-state index contributed by atoms with van der Waals surface area (Å²) in [6.07, 6.45) is 0.427. The van der Waals surface area contributed by atoms with Crippen LogP contribution in [-0.4, -0.2) is 20.4 Å². The van der Waals surface area contributed by atoms with E-state index in [1.165, 1.54) is 0 Å². The molecule has 0 amide bonds. The summed E-state index contributed by atoms with van der Waals surface area (Å²) in [5, 5.41) is 7.95. The lowest BCUT2D eigenvalue weighted by Gasteiger charge is -2.02. The summed E-state index contributed by atoms with van der Waals surface area (Å²) in [6.45, 7) is 3.46. The summed E-state index contributed by atoms with van der Waals surface area (Å²) in [6, 6.07) is 5.69. The number of aromatic nitrogens is 3. The van der Waals surface area contributed by atoms with Gasteiger partial charge >= 0.3 is 0 Å². The Morgan fingerprint density at radius 1 is 1.43 bits per heavy atom. The second kappa shape index (κ2) is 3.21. The smallest absolute Gasteiger partial charge is 0.160 e. The molecule has 72 valence electrons. The lowest BCUT2D eigenvalue weighted by molar-refractivity contribution is -0.116. The zero-order valence-corrected chi connectivity index (χ0v) is 8.19. The molecule has 0 N–H and O–H groups in total. The SMILES string of the molecule is CC(=O)Cc1cccc2nnc(C)n12. The van der Waals surface area contributed by atoms with Crippen LogP contribution in [0.1, 0.15) is 18.4 Å². The van der Waals surface area contributed by atoms with Crippen molar-refractivity contribution in [3.8, 4) is 0 Å². The van der Waals surface area contributed by atoms with Gasteiger partial charge in [-0.3, -0.25) is 9.20 Å². The highest BCUT2D eigenvalue weighted by Gasteiger charge is 2.06. The molecule has 0 aliphatic rings. The molecule has 0 unspecified atom stereocenters. The van der Waals surface area contributed by atoms with E-state index < -0.39 is 0 Å². The van der Waals surface area contributed by atoms with Crippen LogP contribution in [0.2, 0.25) is 0 Å². The highest BCUT2D eigenvalue weighted by Crippen LogP contribution is 2.08. The minimum atomic E-state index is 0.144. The molecule has 0 fully saturated rings. The number of fused-ring (bicyclic) bond motifs is 1. The summed E-state index contributed by atoms with van der Waals surface area (Å²) in [4.78, 5) is 11.0. The van der Waals surface area contributed by atoms with Crippen LogP contribution in [-0.2, 0) is 11.2 Å². The minimum absolute atomic E-state index is 0.144. The monoisotopic (exact) mass is 189 g/mol. The molecule has 2 rings (SSSR count). The number of carbonyl (C=O) groups excluding carboxylic acids is 1. The second-order valence-electron chi connectivity index (χ2n) is 3.34. The number of carbonyl (C=O) groups is 1. The van der Waals surface area contributed by atoms with Gasteiger partial charge in [-0.25, -0.2) is 0 Å². The largest absolute Gasteiger partial charge is 0.300 e. The van der Waals surface area contributed by atoms with Gasteiger partial charge in [-0.15, -0.1) is 10.2 Å². The summed E-state index contributed by atoms with van der Waals surface area (Å²) in [5.41, 5.74) is 1.73. The fourth-order valence-corrected chi connectivity index (χ4v) is 1.55. The Morgan fingerprint density at radius 3 is 2.93 bits per heavy atom. The van der Waals surface area contributed by atoms with Crippen LogP contribution in [0.5, 0.6) is 0 Å². The molecule has 0 aromatic carbocycles. The molecular formula is C10H11N3O. The van der Waals surface area contributed by atoms with Gasteiger partial charge in [-0.2, -0.15) is 0 Å². The van der Waals surface area contributed by atoms with Crippen LogP contribution in [0.15, 0.2) is 18.2 Å². The van der Waals surface area contributed by atoms with E-state index in [1.54, 1.807) is 6.92 Å². The van der Waals surface area contributed by atoms with Gasteiger partial charge in [0.1, 0.15) is 11.6 Å². The topological polar surface area (TPSA) is 47.3 Å². The summed E-state index contributed by atoms with van der Waals surface area (Å²) in [7, 11) is 0. The van der Waals surface area contributed by atoms with Crippen LogP contribution in [0.25, 0.3) is 5.65 Å². The van der Waals surface area contributed by atoms with Crippen molar-refractivity contribution in [1.29, 1.82) is 0 Å². The quantitative estimate of drug-likeness (QED) is 0.712. The average Bonchev–Trinajstić information content (AvgIpc) is 2.48. The van der Waals surface area contributed by atoms with Gasteiger partial charge in [-0.1, -0.05) is 6.07 Å². The first kappa shape index (κ1) is 8.87. The Morgan fingerprint density at radius 2 is 2.21 bits per heavy atom. The number of aryl methyl sites for hydroxylation is 1. The first-order valence-corrected chi connectivity index (χ1v) is 4.47. The normalized spacial score (nSPS) is 10.7. The Labute approximate surface area is 81.6 Å².